The largest absolute Gasteiger partial charge is 0.480 e. The number of aliphatic imine (C=N–C) groups is 1. The van der Waals surface area contributed by atoms with Gasteiger partial charge in [-0.05, 0) is 51.5 Å². The fourth-order valence-corrected chi connectivity index (χ4v) is 8.44. The summed E-state index contributed by atoms with van der Waals surface area (Å²) in [7, 11) is -4.78. The number of carboxylic acid groups (broad SMARTS) is 1. The van der Waals surface area contributed by atoms with Crippen LogP contribution in [0.4, 0.5) is 0 Å². The molecule has 0 aliphatic carbocycles. The van der Waals surface area contributed by atoms with Crippen LogP contribution in [0.3, 0.4) is 0 Å². The number of hydrogen-bond donors (Lipinski definition) is 16. The van der Waals surface area contributed by atoms with Gasteiger partial charge in [-0.15, -0.1) is 0 Å². The van der Waals surface area contributed by atoms with Crippen molar-refractivity contribution in [3.05, 3.63) is 18.9 Å². The minimum atomic E-state index is -4.78. The van der Waals surface area contributed by atoms with Gasteiger partial charge in [0, 0.05) is 13.1 Å². The molecule has 1 aliphatic heterocycles. The number of phosphoric acid groups is 1. The summed E-state index contributed by atoms with van der Waals surface area (Å²) < 4.78 is 29.3. The van der Waals surface area contributed by atoms with Crippen LogP contribution in [0.1, 0.15) is 58.6 Å². The van der Waals surface area contributed by atoms with Gasteiger partial charge in [-0.3, -0.25) is 66.6 Å². The van der Waals surface area contributed by atoms with Crippen molar-refractivity contribution in [2.24, 2.45) is 28.1 Å². The molecule has 3 rings (SSSR count). The van der Waals surface area contributed by atoms with Crippen molar-refractivity contribution in [1.29, 1.82) is 0 Å². The summed E-state index contributed by atoms with van der Waals surface area (Å²) in [4.78, 5) is 158. The van der Waals surface area contributed by atoms with Gasteiger partial charge in [0.1, 0.15) is 72.5 Å². The highest BCUT2D eigenvalue weighted by atomic mass is 32.2. The lowest BCUT2D eigenvalue weighted by Crippen LogP contribution is -2.60. The van der Waals surface area contributed by atoms with Crippen molar-refractivity contribution in [1.82, 2.24) is 62.1 Å². The third-order valence-corrected chi connectivity index (χ3v) is 13.1. The molecule has 0 radical (unpaired) electrons. The smallest absolute Gasteiger partial charge is 0.472 e. The molecule has 36 nitrogen and oxygen atoms in total. The molecule has 9 amide bonds. The number of aliphatic hydroxyl groups excluding tert-OH is 2. The summed E-state index contributed by atoms with van der Waals surface area (Å²) in [5.74, 6) is -4.22. The quantitative estimate of drug-likeness (QED) is 0.00746. The number of thioether (sulfide) groups is 1. The Hall–Kier alpha value is -7.22. The first kappa shape index (κ1) is 67.1. The standard InChI is InChI=1S/C42H68N17O19PS/c1-20(35(66)57-25(41(71)72)13-29(62)48-9-5-10-75-79(73,74)76-16-27-32(64)33(65)40(77-27)59-18-52-26-14-47-17-51-34(26)59)54-38(69)24(12-28(43)61)55-30(63)15-50-39(70)31(21(2)78-46)58-37(68)23(6-4-8-49-42(44)45)56-36(67)22(53-19-60)7-11-80-3/h14,17-25,27,31-33,40,64-65H,4-13,15-16,46H2,1-3H3,(H2,43,61)(H,48,62)(H,50,70)(H,53,60)(H,54,69)(H,55,63)(H,56,67)(H,57,66)(H,58,68)(H,71,72)(H,73,74)(H4,44,45,49)/t20-,21+,22-,23-,24-,25-,27+,31-,32+,33+,40+/m0/s1. The zero-order chi connectivity index (χ0) is 59.7. The van der Waals surface area contributed by atoms with Crippen molar-refractivity contribution in [2.75, 3.05) is 44.9 Å². The van der Waals surface area contributed by atoms with Crippen LogP contribution in [0.5, 0.6) is 0 Å². The number of aromatic nitrogens is 4. The Morgan fingerprint density at radius 2 is 1.54 bits per heavy atom. The van der Waals surface area contributed by atoms with E-state index in [1.165, 1.54) is 42.1 Å². The highest BCUT2D eigenvalue weighted by Crippen LogP contribution is 2.44. The van der Waals surface area contributed by atoms with E-state index in [-0.39, 0.29) is 50.4 Å². The number of nitrogens with two attached hydrogens (primary N) is 4. The molecule has 80 heavy (non-hydrogen) atoms. The molecule has 0 bridgehead atoms. The van der Waals surface area contributed by atoms with Crippen LogP contribution in [0.2, 0.25) is 0 Å². The van der Waals surface area contributed by atoms with Crippen LogP contribution in [0, 0.1) is 0 Å². The monoisotopic (exact) mass is 1180 g/mol. The predicted octanol–water partition coefficient (Wildman–Crippen LogP) is -7.80. The van der Waals surface area contributed by atoms with Crippen molar-refractivity contribution >= 4 is 96.3 Å². The highest BCUT2D eigenvalue weighted by molar-refractivity contribution is 7.98. The molecule has 0 spiro atoms. The molecule has 1 fully saturated rings. The number of guanidine groups is 1. The van der Waals surface area contributed by atoms with Gasteiger partial charge in [-0.1, -0.05) is 0 Å². The third kappa shape index (κ3) is 22.1. The first-order chi connectivity index (χ1) is 37.8. The van der Waals surface area contributed by atoms with Crippen molar-refractivity contribution in [3.63, 3.8) is 0 Å². The normalized spacial score (nSPS) is 19.2. The van der Waals surface area contributed by atoms with E-state index in [1.807, 2.05) is 0 Å². The number of carboxylic acids is 1. The number of carbonyl (C=O) groups is 10. The maximum atomic E-state index is 13.6. The lowest BCUT2D eigenvalue weighted by Gasteiger charge is -2.27. The molecule has 2 aromatic rings. The fourth-order valence-electron chi connectivity index (χ4n) is 7.20. The molecule has 20 N–H and O–H groups in total. The van der Waals surface area contributed by atoms with Gasteiger partial charge >= 0.3 is 13.8 Å². The minimum Gasteiger partial charge on any atom is -0.480 e. The van der Waals surface area contributed by atoms with Crippen molar-refractivity contribution in [3.8, 4) is 0 Å². The molecule has 3 heterocycles. The van der Waals surface area contributed by atoms with Crippen LogP contribution >= 0.6 is 19.6 Å². The fraction of sp³-hybridized carbons (Fsp3) is 0.619. The van der Waals surface area contributed by atoms with E-state index in [2.05, 4.69) is 62.5 Å². The number of nitrogens with zero attached hydrogens (tertiary/aromatic N) is 5. The summed E-state index contributed by atoms with van der Waals surface area (Å²) in [5.41, 5.74) is 16.7. The summed E-state index contributed by atoms with van der Waals surface area (Å²) in [5, 5.41) is 49.1. The molecule has 12 atom stereocenters. The first-order valence-corrected chi connectivity index (χ1v) is 27.1. The number of aliphatic carboxylic acids is 1. The number of primary amides is 1. The molecule has 1 aliphatic rings. The zero-order valence-corrected chi connectivity index (χ0v) is 45.2. The van der Waals surface area contributed by atoms with Gasteiger partial charge in [0.15, 0.2) is 17.8 Å². The van der Waals surface area contributed by atoms with Gasteiger partial charge in [-0.2, -0.15) is 11.8 Å². The summed E-state index contributed by atoms with van der Waals surface area (Å²) in [6.07, 6.45) is -2.23. The number of ether oxygens (including phenoxy) is 1. The Morgan fingerprint density at radius 3 is 2.19 bits per heavy atom. The molecule has 1 saturated heterocycles. The van der Waals surface area contributed by atoms with E-state index in [4.69, 9.17) is 41.7 Å². The van der Waals surface area contributed by atoms with Crippen LogP contribution in [0.15, 0.2) is 23.8 Å². The van der Waals surface area contributed by atoms with Crippen LogP contribution in [-0.2, 0) is 71.1 Å². The number of aliphatic hydroxyl groups is 2. The maximum absolute atomic E-state index is 13.6. The molecular weight excluding hydrogens is 1110 g/mol. The van der Waals surface area contributed by atoms with Gasteiger partial charge in [0.25, 0.3) is 0 Å². The number of carbonyl (C=O) groups excluding carboxylic acids is 9. The molecule has 2 aromatic heterocycles. The van der Waals surface area contributed by atoms with Gasteiger partial charge in [0.2, 0.25) is 53.7 Å². The van der Waals surface area contributed by atoms with E-state index in [0.717, 1.165) is 6.92 Å². The van der Waals surface area contributed by atoms with Crippen LogP contribution in [-0.4, -0.2) is 211 Å². The number of nitrogens with one attached hydrogen (secondary N) is 8. The predicted molar refractivity (Wildman–Crippen MR) is 276 cm³/mol. The molecule has 0 saturated carbocycles. The topological polar surface area (TPSA) is 562 Å². The van der Waals surface area contributed by atoms with E-state index >= 15 is 0 Å². The van der Waals surface area contributed by atoms with E-state index in [1.54, 1.807) is 6.26 Å². The van der Waals surface area contributed by atoms with Crippen molar-refractivity contribution in [2.45, 2.75) is 119 Å². The molecule has 0 aromatic carbocycles. The second-order valence-corrected chi connectivity index (χ2v) is 20.0. The van der Waals surface area contributed by atoms with Crippen molar-refractivity contribution < 1.29 is 91.3 Å². The van der Waals surface area contributed by atoms with E-state index in [9.17, 15) is 72.7 Å². The summed E-state index contributed by atoms with van der Waals surface area (Å²) in [6, 6.07) is -9.18. The second kappa shape index (κ2) is 33.4. The zero-order valence-electron chi connectivity index (χ0n) is 43.5. The van der Waals surface area contributed by atoms with E-state index < -0.39 is 161 Å². The molecule has 38 heteroatoms. The lowest BCUT2D eigenvalue weighted by molar-refractivity contribution is -0.144. The summed E-state index contributed by atoms with van der Waals surface area (Å²) in [6.45, 7) is 0.133. The Morgan fingerprint density at radius 1 is 0.850 bits per heavy atom. The Labute approximate surface area is 459 Å². The molecule has 446 valence electrons. The molecule has 1 unspecified atom stereocenters. The highest BCUT2D eigenvalue weighted by Gasteiger charge is 2.45. The van der Waals surface area contributed by atoms with Gasteiger partial charge in [0.05, 0.1) is 45.1 Å². The number of fused-ring (bicyclic) bond motifs is 1. The summed E-state index contributed by atoms with van der Waals surface area (Å²) >= 11 is 1.40. The first-order valence-electron chi connectivity index (χ1n) is 24.2. The van der Waals surface area contributed by atoms with Gasteiger partial charge in [-0.25, -0.2) is 30.2 Å². The Bertz CT molecular complexity index is 2550. The Kier molecular flexibility index (Phi) is 28.0. The lowest BCUT2D eigenvalue weighted by atomic mass is 10.1. The average molecular weight is 1180 g/mol. The van der Waals surface area contributed by atoms with Crippen LogP contribution < -0.4 is 65.6 Å². The number of hydrogen-bond acceptors (Lipinski definition) is 23. The number of phosphoric ester groups is 1. The number of imidazole rings is 1. The second-order valence-electron chi connectivity index (χ2n) is 17.5. The maximum Gasteiger partial charge on any atom is 0.472 e. The van der Waals surface area contributed by atoms with Crippen LogP contribution in [0.25, 0.3) is 11.2 Å². The minimum absolute atomic E-state index is 0.0486. The Balaban J connectivity index is 1.49. The molecular formula is C42H68N17O19PS. The van der Waals surface area contributed by atoms with Gasteiger partial charge < -0.3 is 84.7 Å². The third-order valence-electron chi connectivity index (χ3n) is 11.4. The number of amides is 9. The average Bonchev–Trinajstić information content (AvgIpc) is 3.95. The number of rotatable bonds is 37. The van der Waals surface area contributed by atoms with E-state index in [0.29, 0.717) is 17.7 Å². The SMILES string of the molecule is CSCC[C@H](NC=O)C(=O)N[C@@H](CCCN=C(N)N)C(=O)N[C@H](C(=O)NCC(=O)N[C@@H](CC(N)=O)C(=O)N[C@@H](C)C(=O)N[C@@H](CC(=O)NCCCOP(=O)(O)OC[C@H]1O[C@@H](n2cnc3cncnc32)[C@H](O)[C@@H]1O)C(=O)O)[C@@H](C)ON.